The molecule has 0 amide bonds. The zero-order valence-corrected chi connectivity index (χ0v) is 9.19. The summed E-state index contributed by atoms with van der Waals surface area (Å²) in [4.78, 5) is 4.28. The monoisotopic (exact) mass is 206 g/mol. The van der Waals surface area contributed by atoms with E-state index in [9.17, 15) is 0 Å². The van der Waals surface area contributed by atoms with Gasteiger partial charge in [0.25, 0.3) is 0 Å². The summed E-state index contributed by atoms with van der Waals surface area (Å²) in [5.74, 6) is 1.05. The highest BCUT2D eigenvalue weighted by Crippen LogP contribution is 2.19. The number of aromatic nitrogens is 3. The average molecular weight is 206 g/mol. The molecule has 2 N–H and O–H groups in total. The van der Waals surface area contributed by atoms with Crippen molar-refractivity contribution in [1.29, 1.82) is 0 Å². The molecule has 1 atom stereocenters. The molecule has 1 unspecified atom stereocenters. The highest BCUT2D eigenvalue weighted by atomic mass is 15.3. The summed E-state index contributed by atoms with van der Waals surface area (Å²) in [6.07, 6.45) is 8.20. The van der Waals surface area contributed by atoms with E-state index in [4.69, 9.17) is 5.73 Å². The minimum absolute atomic E-state index is 0.242. The zero-order valence-electron chi connectivity index (χ0n) is 9.19. The third kappa shape index (κ3) is 2.45. The van der Waals surface area contributed by atoms with Gasteiger partial charge in [0.05, 0.1) is 0 Å². The molecule has 1 aliphatic rings. The Hall–Kier alpha value is -1.16. The van der Waals surface area contributed by atoms with Crippen LogP contribution in [0.4, 0.5) is 0 Å². The number of hydrogen-bond acceptors (Lipinski definition) is 3. The van der Waals surface area contributed by atoms with Crippen LogP contribution >= 0.6 is 0 Å². The normalized spacial score (nSPS) is 21.5. The lowest BCUT2D eigenvalue weighted by molar-refractivity contribution is 0.590. The smallest absolute Gasteiger partial charge is 0.138 e. The molecule has 0 fully saturated rings. The van der Waals surface area contributed by atoms with Crippen LogP contribution in [-0.4, -0.2) is 20.8 Å². The van der Waals surface area contributed by atoms with Gasteiger partial charge in [0, 0.05) is 19.0 Å². The fourth-order valence-corrected chi connectivity index (χ4v) is 2.07. The van der Waals surface area contributed by atoms with E-state index in [0.717, 1.165) is 31.6 Å². The minimum atomic E-state index is 0.242. The molecule has 1 aromatic heterocycles. The number of rotatable bonds is 3. The van der Waals surface area contributed by atoms with Crippen LogP contribution in [0.25, 0.3) is 0 Å². The first-order valence-electron chi connectivity index (χ1n) is 5.61. The van der Waals surface area contributed by atoms with Crippen molar-refractivity contribution in [2.75, 3.05) is 0 Å². The summed E-state index contributed by atoms with van der Waals surface area (Å²) in [5, 5.41) is 4.17. The third-order valence-electron chi connectivity index (χ3n) is 2.87. The van der Waals surface area contributed by atoms with E-state index in [2.05, 4.69) is 23.1 Å². The van der Waals surface area contributed by atoms with E-state index in [1.54, 1.807) is 6.33 Å². The lowest BCUT2D eigenvalue weighted by Gasteiger charge is -2.17. The molecule has 0 aliphatic heterocycles. The Morgan fingerprint density at radius 1 is 1.60 bits per heavy atom. The van der Waals surface area contributed by atoms with Crippen molar-refractivity contribution in [3.05, 3.63) is 23.8 Å². The first-order valence-corrected chi connectivity index (χ1v) is 5.61. The molecule has 0 saturated heterocycles. The van der Waals surface area contributed by atoms with Gasteiger partial charge in [0.2, 0.25) is 0 Å². The summed E-state index contributed by atoms with van der Waals surface area (Å²) >= 11 is 0. The molecule has 1 heterocycles. The quantitative estimate of drug-likeness (QED) is 0.758. The molecule has 0 radical (unpaired) electrons. The van der Waals surface area contributed by atoms with E-state index in [-0.39, 0.29) is 6.04 Å². The van der Waals surface area contributed by atoms with Crippen LogP contribution in [0.1, 0.15) is 32.0 Å². The Kier molecular flexibility index (Phi) is 3.16. The van der Waals surface area contributed by atoms with Crippen LogP contribution in [0.2, 0.25) is 0 Å². The average Bonchev–Trinajstić information content (AvgIpc) is 2.65. The van der Waals surface area contributed by atoms with E-state index < -0.39 is 0 Å². The van der Waals surface area contributed by atoms with E-state index in [1.807, 2.05) is 4.68 Å². The minimum Gasteiger partial charge on any atom is -0.324 e. The standard InChI is InChI=1S/C11H18N4/c1-2-15-11(13-8-14-15)7-9-4-3-5-10(12)6-9/h6,8,10H,2-5,7,12H2,1H3. The maximum atomic E-state index is 5.91. The highest BCUT2D eigenvalue weighted by molar-refractivity contribution is 5.14. The summed E-state index contributed by atoms with van der Waals surface area (Å²) in [6.45, 7) is 2.97. The van der Waals surface area contributed by atoms with Crippen molar-refractivity contribution in [3.8, 4) is 0 Å². The third-order valence-corrected chi connectivity index (χ3v) is 2.87. The van der Waals surface area contributed by atoms with Gasteiger partial charge >= 0.3 is 0 Å². The maximum absolute atomic E-state index is 5.91. The Labute approximate surface area is 90.2 Å². The lowest BCUT2D eigenvalue weighted by atomic mass is 9.94. The molecule has 15 heavy (non-hydrogen) atoms. The Balaban J connectivity index is 2.08. The van der Waals surface area contributed by atoms with Crippen LogP contribution in [0.3, 0.4) is 0 Å². The molecule has 0 spiro atoms. The van der Waals surface area contributed by atoms with Gasteiger partial charge in [0.15, 0.2) is 0 Å². The molecule has 1 aliphatic carbocycles. The summed E-state index contributed by atoms with van der Waals surface area (Å²) < 4.78 is 1.95. The van der Waals surface area contributed by atoms with Crippen LogP contribution in [0, 0.1) is 0 Å². The highest BCUT2D eigenvalue weighted by Gasteiger charge is 2.12. The topological polar surface area (TPSA) is 56.7 Å². The number of nitrogens with two attached hydrogens (primary N) is 1. The van der Waals surface area contributed by atoms with Gasteiger partial charge in [-0.25, -0.2) is 4.98 Å². The van der Waals surface area contributed by atoms with E-state index in [1.165, 1.54) is 12.0 Å². The second-order valence-electron chi connectivity index (χ2n) is 4.05. The number of nitrogens with zero attached hydrogens (tertiary/aromatic N) is 3. The van der Waals surface area contributed by atoms with Crippen LogP contribution in [0.15, 0.2) is 18.0 Å². The Morgan fingerprint density at radius 2 is 2.47 bits per heavy atom. The van der Waals surface area contributed by atoms with Crippen molar-refractivity contribution in [2.24, 2.45) is 5.73 Å². The van der Waals surface area contributed by atoms with Gasteiger partial charge in [-0.1, -0.05) is 11.6 Å². The number of allylic oxidation sites excluding steroid dienone is 1. The van der Waals surface area contributed by atoms with E-state index in [0.29, 0.717) is 0 Å². The van der Waals surface area contributed by atoms with Crippen molar-refractivity contribution in [2.45, 2.75) is 45.2 Å². The first kappa shape index (κ1) is 10.4. The molecular weight excluding hydrogens is 188 g/mol. The van der Waals surface area contributed by atoms with Gasteiger partial charge < -0.3 is 5.73 Å². The molecule has 2 rings (SSSR count). The van der Waals surface area contributed by atoms with Crippen molar-refractivity contribution in [3.63, 3.8) is 0 Å². The molecule has 0 saturated carbocycles. The fourth-order valence-electron chi connectivity index (χ4n) is 2.07. The van der Waals surface area contributed by atoms with E-state index >= 15 is 0 Å². The Bertz CT molecular complexity index is 353. The number of aryl methyl sites for hydroxylation is 1. The predicted octanol–water partition coefficient (Wildman–Crippen LogP) is 1.28. The van der Waals surface area contributed by atoms with Crippen molar-refractivity contribution in [1.82, 2.24) is 14.8 Å². The largest absolute Gasteiger partial charge is 0.324 e. The van der Waals surface area contributed by atoms with Crippen molar-refractivity contribution < 1.29 is 0 Å². The van der Waals surface area contributed by atoms with Gasteiger partial charge in [-0.2, -0.15) is 5.10 Å². The molecule has 4 nitrogen and oxygen atoms in total. The fraction of sp³-hybridized carbons (Fsp3) is 0.636. The summed E-state index contributed by atoms with van der Waals surface area (Å²) in [5.41, 5.74) is 7.32. The molecular formula is C11H18N4. The zero-order chi connectivity index (χ0) is 10.7. The molecule has 1 aromatic rings. The van der Waals surface area contributed by atoms with Gasteiger partial charge in [-0.3, -0.25) is 4.68 Å². The van der Waals surface area contributed by atoms with Crippen LogP contribution < -0.4 is 5.73 Å². The summed E-state index contributed by atoms with van der Waals surface area (Å²) in [7, 11) is 0. The SMILES string of the molecule is CCn1ncnc1CC1=CC(N)CCC1. The number of hydrogen-bond donors (Lipinski definition) is 1. The molecule has 0 aromatic carbocycles. The molecule has 4 heteroatoms. The summed E-state index contributed by atoms with van der Waals surface area (Å²) in [6, 6.07) is 0.242. The van der Waals surface area contributed by atoms with Crippen LogP contribution in [0.5, 0.6) is 0 Å². The predicted molar refractivity (Wildman–Crippen MR) is 59.3 cm³/mol. The van der Waals surface area contributed by atoms with Crippen molar-refractivity contribution >= 4 is 0 Å². The second kappa shape index (κ2) is 4.57. The van der Waals surface area contributed by atoms with Gasteiger partial charge in [-0.15, -0.1) is 0 Å². The van der Waals surface area contributed by atoms with Gasteiger partial charge in [-0.05, 0) is 26.2 Å². The Morgan fingerprint density at radius 3 is 3.20 bits per heavy atom. The molecule has 82 valence electrons. The lowest BCUT2D eigenvalue weighted by Crippen LogP contribution is -2.21. The molecule has 0 bridgehead atoms. The first-order chi connectivity index (χ1) is 7.29. The second-order valence-corrected chi connectivity index (χ2v) is 4.05. The maximum Gasteiger partial charge on any atom is 0.138 e. The van der Waals surface area contributed by atoms with Gasteiger partial charge in [0.1, 0.15) is 12.2 Å². The van der Waals surface area contributed by atoms with Crippen LogP contribution in [-0.2, 0) is 13.0 Å².